The first-order chi connectivity index (χ1) is 22.1. The minimum Gasteiger partial charge on any atom is -0.490 e. The summed E-state index contributed by atoms with van der Waals surface area (Å²) in [6, 6.07) is 5.83. The molecule has 0 atom stereocenters. The van der Waals surface area contributed by atoms with Crippen molar-refractivity contribution in [3.05, 3.63) is 65.6 Å². The quantitative estimate of drug-likeness (QED) is 0.319. The first kappa shape index (κ1) is 30.3. The summed E-state index contributed by atoms with van der Waals surface area (Å²) in [5.41, 5.74) is 2.08. The van der Waals surface area contributed by atoms with Crippen molar-refractivity contribution in [1.29, 1.82) is 0 Å². The van der Waals surface area contributed by atoms with Crippen molar-refractivity contribution in [2.75, 3.05) is 44.2 Å². The maximum atomic E-state index is 13.6. The highest BCUT2D eigenvalue weighted by atomic mass is 19.1. The minimum absolute atomic E-state index is 0.128. The van der Waals surface area contributed by atoms with Gasteiger partial charge in [-0.3, -0.25) is 14.7 Å². The van der Waals surface area contributed by atoms with Crippen molar-refractivity contribution >= 4 is 18.2 Å². The summed E-state index contributed by atoms with van der Waals surface area (Å²) >= 11 is 0. The number of hydrogen-bond acceptors (Lipinski definition) is 10. The Morgan fingerprint density at radius 3 is 2.67 bits per heavy atom. The second-order valence-corrected chi connectivity index (χ2v) is 14.1. The van der Waals surface area contributed by atoms with Crippen molar-refractivity contribution in [1.82, 2.24) is 24.8 Å². The normalized spacial score (nSPS) is 19.5. The third-order valence-electron chi connectivity index (χ3n) is 9.22. The number of carbonyl (C=O) groups excluding carboxylic acids is 2. The van der Waals surface area contributed by atoms with Crippen LogP contribution in [-0.2, 0) is 17.7 Å². The van der Waals surface area contributed by atoms with Crippen molar-refractivity contribution in [2.45, 2.75) is 58.3 Å². The molecule has 5 heterocycles. The molecule has 242 valence electrons. The highest BCUT2D eigenvalue weighted by Crippen LogP contribution is 2.52. The number of fused-ring (bicyclic) bond motifs is 1. The summed E-state index contributed by atoms with van der Waals surface area (Å²) in [5, 5.41) is 0. The molecule has 46 heavy (non-hydrogen) atoms. The number of aldehydes is 1. The number of pyridine rings is 1. The molecule has 3 aromatic rings. The van der Waals surface area contributed by atoms with Crippen molar-refractivity contribution in [3.63, 3.8) is 0 Å². The van der Waals surface area contributed by atoms with Gasteiger partial charge in [0.1, 0.15) is 35.3 Å². The number of benzene rings is 1. The maximum Gasteiger partial charge on any atom is 0.410 e. The number of amides is 1. The molecule has 12 heteroatoms. The number of aromatic nitrogens is 3. The molecular formula is C34H39FN6O5. The van der Waals surface area contributed by atoms with Gasteiger partial charge in [-0.15, -0.1) is 0 Å². The Morgan fingerprint density at radius 1 is 1.11 bits per heavy atom. The topological polar surface area (TPSA) is 110 Å². The van der Waals surface area contributed by atoms with E-state index in [0.717, 1.165) is 82.6 Å². The van der Waals surface area contributed by atoms with Gasteiger partial charge in [0.2, 0.25) is 0 Å². The van der Waals surface area contributed by atoms with Crippen LogP contribution in [0.2, 0.25) is 0 Å². The van der Waals surface area contributed by atoms with Gasteiger partial charge in [0.15, 0.2) is 17.9 Å². The van der Waals surface area contributed by atoms with Crippen LogP contribution < -0.4 is 14.4 Å². The second-order valence-electron chi connectivity index (χ2n) is 14.1. The molecule has 4 aliphatic rings. The van der Waals surface area contributed by atoms with Gasteiger partial charge in [0, 0.05) is 81.0 Å². The smallest absolute Gasteiger partial charge is 0.410 e. The Labute approximate surface area is 267 Å². The van der Waals surface area contributed by atoms with E-state index in [1.165, 1.54) is 24.0 Å². The number of anilines is 1. The summed E-state index contributed by atoms with van der Waals surface area (Å²) in [6.07, 6.45) is 8.14. The average molecular weight is 631 g/mol. The van der Waals surface area contributed by atoms with Crippen molar-refractivity contribution < 1.29 is 28.2 Å². The molecular weight excluding hydrogens is 591 g/mol. The van der Waals surface area contributed by atoms with E-state index in [1.807, 2.05) is 33.0 Å². The van der Waals surface area contributed by atoms with E-state index in [0.29, 0.717) is 23.8 Å². The molecule has 11 nitrogen and oxygen atoms in total. The van der Waals surface area contributed by atoms with Gasteiger partial charge in [-0.25, -0.2) is 19.2 Å². The second kappa shape index (κ2) is 11.8. The van der Waals surface area contributed by atoms with E-state index < -0.39 is 11.4 Å². The van der Waals surface area contributed by atoms with Crippen LogP contribution in [0.15, 0.2) is 43.0 Å². The first-order valence-electron chi connectivity index (χ1n) is 15.9. The molecule has 0 radical (unpaired) electrons. The van der Waals surface area contributed by atoms with E-state index in [1.54, 1.807) is 11.1 Å². The van der Waals surface area contributed by atoms with Gasteiger partial charge < -0.3 is 24.0 Å². The minimum atomic E-state index is -0.503. The summed E-state index contributed by atoms with van der Waals surface area (Å²) < 4.78 is 31.7. The molecule has 2 saturated heterocycles. The molecule has 1 saturated carbocycles. The van der Waals surface area contributed by atoms with Gasteiger partial charge in [0.25, 0.3) is 0 Å². The molecule has 0 bridgehead atoms. The Morgan fingerprint density at radius 2 is 1.91 bits per heavy atom. The predicted octanol–water partition coefficient (Wildman–Crippen LogP) is 4.89. The maximum absolute atomic E-state index is 13.6. The van der Waals surface area contributed by atoms with Crippen LogP contribution in [0.5, 0.6) is 17.2 Å². The lowest BCUT2D eigenvalue weighted by Crippen LogP contribution is -2.65. The highest BCUT2D eigenvalue weighted by molar-refractivity contribution is 5.79. The Bertz CT molecular complexity index is 1630. The van der Waals surface area contributed by atoms with Gasteiger partial charge in [-0.2, -0.15) is 0 Å². The number of rotatable bonds is 8. The summed E-state index contributed by atoms with van der Waals surface area (Å²) in [5.74, 6) is 2.19. The van der Waals surface area contributed by atoms with E-state index in [-0.39, 0.29) is 28.9 Å². The monoisotopic (exact) mass is 630 g/mol. The van der Waals surface area contributed by atoms with E-state index in [9.17, 15) is 14.0 Å². The highest BCUT2D eigenvalue weighted by Gasteiger charge is 2.54. The Kier molecular flexibility index (Phi) is 7.78. The standard InChI is InChI=1S/C34H39FN6O5/c1-33(2,3)46-32(43)40-15-22(16-40)14-39-9-7-27-26(17-39)29(6-8-37-27)44-25-11-34(12-25)19-41(20-34)31-30(13-36-21-38-31)45-28-5-4-24(35)10-23(28)18-42/h4-6,8,10,13,18,21-22,25H,7,9,11-12,14-17,19-20H2,1-3H3. The SMILES string of the molecule is CC(C)(C)OC(=O)N1CC(CN2CCc3nccc(OC4CC5(C4)CN(c4ncncc4Oc4ccc(F)cc4C=O)C5)c3C2)C1. The van der Waals surface area contributed by atoms with Crippen LogP contribution in [-0.4, -0.2) is 88.1 Å². The molecule has 0 N–H and O–H groups in total. The van der Waals surface area contributed by atoms with E-state index in [2.05, 4.69) is 24.8 Å². The fourth-order valence-corrected chi connectivity index (χ4v) is 7.04. The van der Waals surface area contributed by atoms with Crippen LogP contribution in [0.1, 0.15) is 55.2 Å². The molecule has 1 aliphatic carbocycles. The third kappa shape index (κ3) is 6.22. The number of carbonyl (C=O) groups is 2. The van der Waals surface area contributed by atoms with Crippen LogP contribution in [0.25, 0.3) is 0 Å². The van der Waals surface area contributed by atoms with Crippen LogP contribution in [0.3, 0.4) is 0 Å². The lowest BCUT2D eigenvalue weighted by molar-refractivity contribution is -0.0354. The predicted molar refractivity (Wildman–Crippen MR) is 167 cm³/mol. The first-order valence-corrected chi connectivity index (χ1v) is 15.9. The van der Waals surface area contributed by atoms with E-state index in [4.69, 9.17) is 14.2 Å². The molecule has 3 aliphatic heterocycles. The lowest BCUT2D eigenvalue weighted by Gasteiger charge is -2.59. The molecule has 1 aromatic carbocycles. The molecule has 1 spiro atoms. The zero-order chi connectivity index (χ0) is 32.1. The Hall–Kier alpha value is -4.32. The zero-order valence-electron chi connectivity index (χ0n) is 26.4. The summed E-state index contributed by atoms with van der Waals surface area (Å²) in [7, 11) is 0. The lowest BCUT2D eigenvalue weighted by atomic mass is 9.61. The van der Waals surface area contributed by atoms with E-state index >= 15 is 0 Å². The fraction of sp³-hybridized carbons (Fsp3) is 0.500. The van der Waals surface area contributed by atoms with Gasteiger partial charge in [-0.1, -0.05) is 0 Å². The number of hydrogen-bond donors (Lipinski definition) is 0. The molecule has 1 amide bonds. The molecule has 3 fully saturated rings. The van der Waals surface area contributed by atoms with Gasteiger partial charge >= 0.3 is 6.09 Å². The number of nitrogens with zero attached hydrogens (tertiary/aromatic N) is 6. The van der Waals surface area contributed by atoms with Gasteiger partial charge in [0.05, 0.1) is 11.8 Å². The molecule has 0 unspecified atom stereocenters. The number of ether oxygens (including phenoxy) is 3. The fourth-order valence-electron chi connectivity index (χ4n) is 7.04. The summed E-state index contributed by atoms with van der Waals surface area (Å²) in [6.45, 7) is 11.4. The number of halogens is 1. The van der Waals surface area contributed by atoms with Crippen LogP contribution >= 0.6 is 0 Å². The van der Waals surface area contributed by atoms with Gasteiger partial charge in [-0.05, 0) is 57.9 Å². The zero-order valence-corrected chi connectivity index (χ0v) is 26.4. The third-order valence-corrected chi connectivity index (χ3v) is 9.22. The average Bonchev–Trinajstić information content (AvgIpc) is 2.95. The molecule has 7 rings (SSSR count). The number of likely N-dealkylation sites (tertiary alicyclic amines) is 1. The Balaban J connectivity index is 0.917. The van der Waals surface area contributed by atoms with Crippen LogP contribution in [0, 0.1) is 17.2 Å². The summed E-state index contributed by atoms with van der Waals surface area (Å²) in [4.78, 5) is 43.4. The van der Waals surface area contributed by atoms with Crippen molar-refractivity contribution in [3.8, 4) is 17.2 Å². The largest absolute Gasteiger partial charge is 0.490 e. The molecule has 2 aromatic heterocycles. The van der Waals surface area contributed by atoms with Crippen LogP contribution in [0.4, 0.5) is 15.0 Å². The van der Waals surface area contributed by atoms with Crippen molar-refractivity contribution in [2.24, 2.45) is 11.3 Å².